The van der Waals surface area contributed by atoms with Gasteiger partial charge in [-0.3, -0.25) is 4.99 Å². The Hall–Kier alpha value is -2.77. The van der Waals surface area contributed by atoms with E-state index < -0.39 is 11.9 Å². The van der Waals surface area contributed by atoms with Gasteiger partial charge >= 0.3 is 11.9 Å². The predicted molar refractivity (Wildman–Crippen MR) is 119 cm³/mol. The Labute approximate surface area is 178 Å². The summed E-state index contributed by atoms with van der Waals surface area (Å²) in [5, 5.41) is 16.4. The molecule has 2 N–H and O–H groups in total. The zero-order chi connectivity index (χ0) is 21.2. The van der Waals surface area contributed by atoms with Crippen LogP contribution in [0.15, 0.2) is 65.7 Å². The van der Waals surface area contributed by atoms with Crippen molar-refractivity contribution in [2.45, 2.75) is 0 Å². The molecule has 0 atom stereocenters. The second-order valence-electron chi connectivity index (χ2n) is 5.95. The first-order chi connectivity index (χ1) is 13.9. The Morgan fingerprint density at radius 2 is 1.79 bits per heavy atom. The molecule has 0 spiro atoms. The lowest BCUT2D eigenvalue weighted by atomic mass is 10.0. The van der Waals surface area contributed by atoms with Crippen LogP contribution < -0.4 is 4.90 Å². The van der Waals surface area contributed by atoms with Gasteiger partial charge in [-0.15, -0.1) is 11.8 Å². The fraction of sp³-hybridized carbons (Fsp3) is 0.190. The van der Waals surface area contributed by atoms with Crippen LogP contribution in [0.25, 0.3) is 0 Å². The summed E-state index contributed by atoms with van der Waals surface area (Å²) in [5.41, 5.74) is 4.53. The van der Waals surface area contributed by atoms with Crippen molar-refractivity contribution in [1.29, 1.82) is 0 Å². The van der Waals surface area contributed by atoms with Gasteiger partial charge < -0.3 is 15.1 Å². The molecule has 8 heteroatoms. The molecule has 0 aromatic heterocycles. The number of rotatable bonds is 5. The number of aliphatic imine (C=N–C) groups is 1. The summed E-state index contributed by atoms with van der Waals surface area (Å²) in [6.07, 6.45) is 3.24. The van der Waals surface area contributed by atoms with Crippen molar-refractivity contribution in [3.8, 4) is 0 Å². The van der Waals surface area contributed by atoms with Gasteiger partial charge in [-0.25, -0.2) is 9.59 Å². The molecular formula is C21H21ClN2O4S. The summed E-state index contributed by atoms with van der Waals surface area (Å²) < 4.78 is 0. The Bertz CT molecular complexity index is 900. The number of anilines is 1. The maximum absolute atomic E-state index is 9.55. The Morgan fingerprint density at radius 3 is 2.38 bits per heavy atom. The van der Waals surface area contributed by atoms with Crippen molar-refractivity contribution in [3.63, 3.8) is 0 Å². The van der Waals surface area contributed by atoms with E-state index in [0.29, 0.717) is 12.2 Å². The van der Waals surface area contributed by atoms with Gasteiger partial charge in [0.05, 0.1) is 18.1 Å². The number of benzodiazepines with no additional fused rings is 1. The van der Waals surface area contributed by atoms with Crippen molar-refractivity contribution in [2.24, 2.45) is 4.99 Å². The highest BCUT2D eigenvalue weighted by molar-refractivity contribution is 7.98. The average Bonchev–Trinajstić information content (AvgIpc) is 2.87. The molecule has 2 aromatic carbocycles. The molecule has 2 aromatic rings. The molecular weight excluding hydrogens is 412 g/mol. The second-order valence-corrected chi connectivity index (χ2v) is 7.22. The van der Waals surface area contributed by atoms with Crippen LogP contribution in [0.1, 0.15) is 11.1 Å². The largest absolute Gasteiger partial charge is 0.478 e. The van der Waals surface area contributed by atoms with E-state index in [0.717, 1.165) is 40.8 Å². The van der Waals surface area contributed by atoms with E-state index in [4.69, 9.17) is 26.8 Å². The Balaban J connectivity index is 0.000000321. The van der Waals surface area contributed by atoms with E-state index in [1.54, 1.807) is 0 Å². The number of thioether (sulfide) groups is 1. The molecule has 0 saturated carbocycles. The van der Waals surface area contributed by atoms with Crippen molar-refractivity contribution < 1.29 is 19.8 Å². The summed E-state index contributed by atoms with van der Waals surface area (Å²) in [5.74, 6) is -1.55. The number of carbonyl (C=O) groups is 2. The third-order valence-electron chi connectivity index (χ3n) is 3.89. The van der Waals surface area contributed by atoms with Crippen LogP contribution in [0, 0.1) is 0 Å². The molecule has 152 valence electrons. The molecule has 0 bridgehead atoms. The van der Waals surface area contributed by atoms with Crippen molar-refractivity contribution in [1.82, 2.24) is 0 Å². The fourth-order valence-electron chi connectivity index (χ4n) is 2.74. The highest BCUT2D eigenvalue weighted by Gasteiger charge is 2.19. The minimum Gasteiger partial charge on any atom is -0.478 e. The van der Waals surface area contributed by atoms with E-state index in [1.165, 1.54) is 5.69 Å². The van der Waals surface area contributed by atoms with E-state index in [-0.39, 0.29) is 0 Å². The van der Waals surface area contributed by atoms with Crippen LogP contribution in [0.3, 0.4) is 0 Å². The molecule has 29 heavy (non-hydrogen) atoms. The Morgan fingerprint density at radius 1 is 1.14 bits per heavy atom. The lowest BCUT2D eigenvalue weighted by molar-refractivity contribution is -0.134. The molecule has 0 fully saturated rings. The van der Waals surface area contributed by atoms with Gasteiger partial charge in [0, 0.05) is 40.5 Å². The first-order valence-electron chi connectivity index (χ1n) is 8.70. The minimum atomic E-state index is -1.26. The van der Waals surface area contributed by atoms with Gasteiger partial charge in [0.2, 0.25) is 0 Å². The van der Waals surface area contributed by atoms with E-state index in [1.807, 2.05) is 42.1 Å². The molecule has 1 aliphatic heterocycles. The Kier molecular flexibility index (Phi) is 8.76. The van der Waals surface area contributed by atoms with Gasteiger partial charge in [0.1, 0.15) is 0 Å². The quantitative estimate of drug-likeness (QED) is 0.693. The summed E-state index contributed by atoms with van der Waals surface area (Å²) in [6, 6.07) is 16.4. The van der Waals surface area contributed by atoms with E-state index >= 15 is 0 Å². The van der Waals surface area contributed by atoms with Crippen molar-refractivity contribution >= 4 is 46.7 Å². The highest BCUT2D eigenvalue weighted by Crippen LogP contribution is 2.29. The minimum absolute atomic E-state index is 0.558. The highest BCUT2D eigenvalue weighted by atomic mass is 35.5. The SMILES string of the molecule is CSCN1CCN=C(c2ccccc2)c2cc(Cl)ccc21.O=C(O)/C=C\C(=O)O. The number of halogens is 1. The fourth-order valence-corrected chi connectivity index (χ4v) is 3.49. The molecule has 1 aliphatic rings. The number of fused-ring (bicyclic) bond motifs is 1. The molecule has 0 aliphatic carbocycles. The molecule has 6 nitrogen and oxygen atoms in total. The number of hydrogen-bond acceptors (Lipinski definition) is 5. The number of benzene rings is 2. The van der Waals surface area contributed by atoms with Gasteiger partial charge in [-0.2, -0.15) is 0 Å². The monoisotopic (exact) mass is 432 g/mol. The molecule has 0 radical (unpaired) electrons. The van der Waals surface area contributed by atoms with Gasteiger partial charge in [0.25, 0.3) is 0 Å². The summed E-state index contributed by atoms with van der Waals surface area (Å²) in [4.78, 5) is 26.3. The van der Waals surface area contributed by atoms with Crippen LogP contribution in [-0.2, 0) is 9.59 Å². The first kappa shape index (κ1) is 22.5. The molecule has 0 saturated heterocycles. The van der Waals surface area contributed by atoms with Crippen LogP contribution in [0.2, 0.25) is 5.02 Å². The van der Waals surface area contributed by atoms with Crippen LogP contribution in [-0.4, -0.2) is 53.1 Å². The average molecular weight is 433 g/mol. The van der Waals surface area contributed by atoms with Crippen LogP contribution in [0.4, 0.5) is 5.69 Å². The van der Waals surface area contributed by atoms with Crippen molar-refractivity contribution in [3.05, 3.63) is 76.8 Å². The number of nitrogens with zero attached hydrogens (tertiary/aromatic N) is 2. The van der Waals surface area contributed by atoms with Crippen molar-refractivity contribution in [2.75, 3.05) is 30.1 Å². The number of carboxylic acid groups (broad SMARTS) is 2. The maximum Gasteiger partial charge on any atom is 0.328 e. The molecule has 0 amide bonds. The zero-order valence-corrected chi connectivity index (χ0v) is 17.4. The third kappa shape index (κ3) is 6.96. The summed E-state index contributed by atoms with van der Waals surface area (Å²) in [6.45, 7) is 1.74. The van der Waals surface area contributed by atoms with Gasteiger partial charge in [-0.05, 0) is 24.5 Å². The van der Waals surface area contributed by atoms with Crippen LogP contribution in [0.5, 0.6) is 0 Å². The number of hydrogen-bond donors (Lipinski definition) is 2. The molecule has 1 heterocycles. The van der Waals surface area contributed by atoms with Gasteiger partial charge in [-0.1, -0.05) is 41.9 Å². The lowest BCUT2D eigenvalue weighted by Gasteiger charge is -2.24. The predicted octanol–water partition coefficient (Wildman–Crippen LogP) is 4.03. The molecule has 0 unspecified atom stereocenters. The first-order valence-corrected chi connectivity index (χ1v) is 10.5. The normalized spacial score (nSPS) is 13.0. The third-order valence-corrected chi connectivity index (χ3v) is 4.70. The maximum atomic E-state index is 9.55. The topological polar surface area (TPSA) is 90.2 Å². The smallest absolute Gasteiger partial charge is 0.328 e. The van der Waals surface area contributed by atoms with Gasteiger partial charge in [0.15, 0.2) is 0 Å². The van der Waals surface area contributed by atoms with Crippen LogP contribution >= 0.6 is 23.4 Å². The second kappa shape index (κ2) is 11.3. The standard InChI is InChI=1S/C17H17ClN2S.C4H4O4/c1-21-12-20-10-9-19-17(13-5-3-2-4-6-13)15-11-14(18)7-8-16(15)20;5-3(6)1-2-4(7)8/h2-8,11H,9-10,12H2,1H3;1-2H,(H,5,6)(H,7,8)/b;2-1-. The summed E-state index contributed by atoms with van der Waals surface area (Å²) >= 11 is 8.05. The number of aliphatic carboxylic acids is 2. The molecule has 3 rings (SSSR count). The van der Waals surface area contributed by atoms with E-state index in [2.05, 4.69) is 29.4 Å². The van der Waals surface area contributed by atoms with E-state index in [9.17, 15) is 9.59 Å². The zero-order valence-electron chi connectivity index (χ0n) is 15.8. The summed E-state index contributed by atoms with van der Waals surface area (Å²) in [7, 11) is 0. The lowest BCUT2D eigenvalue weighted by Crippen LogP contribution is -2.25. The number of carboxylic acids is 2.